The highest BCUT2D eigenvalue weighted by atomic mass is 32.1. The lowest BCUT2D eigenvalue weighted by atomic mass is 10.1. The fraction of sp³-hybridized carbons (Fsp3) is 0.231. The van der Waals surface area contributed by atoms with Crippen molar-refractivity contribution in [3.05, 3.63) is 35.2 Å². The second-order valence-corrected chi connectivity index (χ2v) is 5.19. The minimum atomic E-state index is -0.183. The monoisotopic (exact) mass is 258 g/mol. The van der Waals surface area contributed by atoms with Crippen molar-refractivity contribution in [1.29, 1.82) is 0 Å². The summed E-state index contributed by atoms with van der Waals surface area (Å²) in [5.41, 5.74) is 7.83. The molecule has 0 fully saturated rings. The first-order chi connectivity index (χ1) is 8.66. The SMILES string of the molecule is CC(=O)C1Cc2cc[c]cc2N1c1csc(N)n1. The van der Waals surface area contributed by atoms with Gasteiger partial charge < -0.3 is 10.6 Å². The third-order valence-electron chi connectivity index (χ3n) is 3.14. The van der Waals surface area contributed by atoms with E-state index in [2.05, 4.69) is 11.1 Å². The Morgan fingerprint density at radius 2 is 2.50 bits per heavy atom. The number of nitrogens with zero attached hydrogens (tertiary/aromatic N) is 2. The number of Topliss-reactive ketones (excluding diaryl/α,β-unsaturated/α-hetero) is 1. The fourth-order valence-electron chi connectivity index (χ4n) is 2.32. The molecule has 0 bridgehead atoms. The summed E-state index contributed by atoms with van der Waals surface area (Å²) in [6, 6.07) is 8.63. The molecule has 18 heavy (non-hydrogen) atoms. The molecule has 1 unspecified atom stereocenters. The number of aromatic nitrogens is 1. The Hall–Kier alpha value is -1.88. The summed E-state index contributed by atoms with van der Waals surface area (Å²) in [6.07, 6.45) is 0.719. The largest absolute Gasteiger partial charge is 0.375 e. The number of nitrogen functional groups attached to an aromatic ring is 1. The molecule has 0 saturated carbocycles. The van der Waals surface area contributed by atoms with Crippen LogP contribution >= 0.6 is 11.3 Å². The van der Waals surface area contributed by atoms with Gasteiger partial charge >= 0.3 is 0 Å². The number of hydrogen-bond acceptors (Lipinski definition) is 5. The number of anilines is 3. The molecule has 1 aliphatic rings. The molecular weight excluding hydrogens is 246 g/mol. The van der Waals surface area contributed by atoms with Crippen molar-refractivity contribution >= 4 is 33.8 Å². The fourth-order valence-corrected chi connectivity index (χ4v) is 2.85. The third-order valence-corrected chi connectivity index (χ3v) is 3.80. The van der Waals surface area contributed by atoms with Gasteiger partial charge in [0.15, 0.2) is 10.9 Å². The molecule has 0 aliphatic carbocycles. The lowest BCUT2D eigenvalue weighted by Gasteiger charge is -2.23. The molecule has 0 amide bonds. The predicted molar refractivity (Wildman–Crippen MR) is 72.1 cm³/mol. The van der Waals surface area contributed by atoms with Gasteiger partial charge in [-0.2, -0.15) is 0 Å². The number of fused-ring (bicyclic) bond motifs is 1. The van der Waals surface area contributed by atoms with Crippen LogP contribution in [0.25, 0.3) is 0 Å². The van der Waals surface area contributed by atoms with Crippen LogP contribution in [0.2, 0.25) is 0 Å². The van der Waals surface area contributed by atoms with Crippen molar-refractivity contribution in [1.82, 2.24) is 4.98 Å². The number of benzene rings is 1. The van der Waals surface area contributed by atoms with E-state index in [0.717, 1.165) is 23.5 Å². The van der Waals surface area contributed by atoms with E-state index in [-0.39, 0.29) is 11.8 Å². The first-order valence-electron chi connectivity index (χ1n) is 5.66. The number of ketones is 1. The van der Waals surface area contributed by atoms with Crippen LogP contribution in [0.5, 0.6) is 0 Å². The Kier molecular flexibility index (Phi) is 2.56. The molecule has 0 spiro atoms. The van der Waals surface area contributed by atoms with E-state index in [9.17, 15) is 4.79 Å². The molecule has 1 aromatic heterocycles. The summed E-state index contributed by atoms with van der Waals surface area (Å²) in [5, 5.41) is 2.40. The molecular formula is C13H12N3OS. The molecule has 3 rings (SSSR count). The first-order valence-corrected chi connectivity index (χ1v) is 6.54. The van der Waals surface area contributed by atoms with Crippen molar-refractivity contribution in [3.8, 4) is 0 Å². The molecule has 91 valence electrons. The Bertz CT molecular complexity index is 608. The topological polar surface area (TPSA) is 59.2 Å². The summed E-state index contributed by atoms with van der Waals surface area (Å²) in [4.78, 5) is 18.0. The van der Waals surface area contributed by atoms with E-state index in [4.69, 9.17) is 5.73 Å². The van der Waals surface area contributed by atoms with E-state index >= 15 is 0 Å². The van der Waals surface area contributed by atoms with Gasteiger partial charge in [0.05, 0.1) is 6.04 Å². The molecule has 2 heterocycles. The summed E-state index contributed by atoms with van der Waals surface area (Å²) in [7, 11) is 0. The van der Waals surface area contributed by atoms with E-state index < -0.39 is 0 Å². The Labute approximate surface area is 109 Å². The standard InChI is InChI=1S/C13H12N3OS/c1-8(17)11-6-9-4-2-3-5-10(9)16(11)12-7-18-13(14)15-12/h2,4-5,7,11H,6H2,1H3,(H2,14,15). The second kappa shape index (κ2) is 4.10. The number of carbonyl (C=O) groups excluding carboxylic acids is 1. The Balaban J connectivity index is 2.11. The average Bonchev–Trinajstić information content (AvgIpc) is 2.92. The van der Waals surface area contributed by atoms with Crippen LogP contribution in [0.15, 0.2) is 23.6 Å². The minimum Gasteiger partial charge on any atom is -0.375 e. The normalized spacial score (nSPS) is 17.8. The second-order valence-electron chi connectivity index (χ2n) is 4.30. The van der Waals surface area contributed by atoms with Gasteiger partial charge in [0, 0.05) is 17.5 Å². The number of nitrogens with two attached hydrogens (primary N) is 1. The van der Waals surface area contributed by atoms with Crippen molar-refractivity contribution in [2.24, 2.45) is 0 Å². The lowest BCUT2D eigenvalue weighted by Crippen LogP contribution is -2.33. The van der Waals surface area contributed by atoms with Crippen molar-refractivity contribution in [2.75, 3.05) is 10.6 Å². The molecule has 1 atom stereocenters. The molecule has 1 aliphatic heterocycles. The summed E-state index contributed by atoms with van der Waals surface area (Å²) >= 11 is 1.38. The highest BCUT2D eigenvalue weighted by Crippen LogP contribution is 2.38. The third kappa shape index (κ3) is 1.67. The van der Waals surface area contributed by atoms with Gasteiger partial charge in [0.1, 0.15) is 5.82 Å². The van der Waals surface area contributed by atoms with Gasteiger partial charge in [-0.1, -0.05) is 12.1 Å². The molecule has 2 N–H and O–H groups in total. The number of thiazole rings is 1. The molecule has 1 aromatic carbocycles. The zero-order valence-electron chi connectivity index (χ0n) is 9.88. The molecule has 0 saturated heterocycles. The quantitative estimate of drug-likeness (QED) is 0.897. The van der Waals surface area contributed by atoms with Gasteiger partial charge in [-0.15, -0.1) is 11.3 Å². The summed E-state index contributed by atoms with van der Waals surface area (Å²) < 4.78 is 0. The average molecular weight is 258 g/mol. The van der Waals surface area contributed by atoms with Crippen LogP contribution in [-0.4, -0.2) is 16.8 Å². The van der Waals surface area contributed by atoms with E-state index in [1.165, 1.54) is 11.3 Å². The van der Waals surface area contributed by atoms with Crippen LogP contribution in [0, 0.1) is 6.07 Å². The number of rotatable bonds is 2. The molecule has 4 nitrogen and oxygen atoms in total. The van der Waals surface area contributed by atoms with Crippen molar-refractivity contribution < 1.29 is 4.79 Å². The van der Waals surface area contributed by atoms with Crippen LogP contribution < -0.4 is 10.6 Å². The van der Waals surface area contributed by atoms with Crippen molar-refractivity contribution in [2.45, 2.75) is 19.4 Å². The first kappa shape index (κ1) is 11.2. The Morgan fingerprint density at radius 1 is 1.67 bits per heavy atom. The van der Waals surface area contributed by atoms with Gasteiger partial charge in [-0.05, 0) is 24.6 Å². The number of hydrogen-bond donors (Lipinski definition) is 1. The lowest BCUT2D eigenvalue weighted by molar-refractivity contribution is -0.118. The highest BCUT2D eigenvalue weighted by molar-refractivity contribution is 7.13. The molecule has 5 heteroatoms. The maximum atomic E-state index is 11.8. The van der Waals surface area contributed by atoms with Crippen LogP contribution in [0.1, 0.15) is 12.5 Å². The molecule has 1 radical (unpaired) electrons. The van der Waals surface area contributed by atoms with Crippen LogP contribution in [-0.2, 0) is 11.2 Å². The zero-order valence-corrected chi connectivity index (χ0v) is 10.7. The molecule has 2 aromatic rings. The minimum absolute atomic E-state index is 0.137. The highest BCUT2D eigenvalue weighted by Gasteiger charge is 2.34. The van der Waals surface area contributed by atoms with Crippen LogP contribution in [0.4, 0.5) is 16.6 Å². The van der Waals surface area contributed by atoms with Gasteiger partial charge in [-0.3, -0.25) is 4.79 Å². The van der Waals surface area contributed by atoms with Crippen LogP contribution in [0.3, 0.4) is 0 Å². The van der Waals surface area contributed by atoms with Gasteiger partial charge in [0.2, 0.25) is 0 Å². The Morgan fingerprint density at radius 3 is 3.17 bits per heavy atom. The van der Waals surface area contributed by atoms with E-state index in [1.54, 1.807) is 6.92 Å². The summed E-state index contributed by atoms with van der Waals surface area (Å²) in [5.74, 6) is 0.883. The predicted octanol–water partition coefficient (Wildman–Crippen LogP) is 2.18. The number of carbonyl (C=O) groups is 1. The maximum Gasteiger partial charge on any atom is 0.182 e. The van der Waals surface area contributed by atoms with E-state index in [0.29, 0.717) is 5.13 Å². The smallest absolute Gasteiger partial charge is 0.182 e. The van der Waals surface area contributed by atoms with Crippen molar-refractivity contribution in [3.63, 3.8) is 0 Å². The van der Waals surface area contributed by atoms with Gasteiger partial charge in [-0.25, -0.2) is 4.98 Å². The summed E-state index contributed by atoms with van der Waals surface area (Å²) in [6.45, 7) is 1.61. The van der Waals surface area contributed by atoms with Gasteiger partial charge in [0.25, 0.3) is 0 Å². The zero-order chi connectivity index (χ0) is 12.7. The van der Waals surface area contributed by atoms with E-state index in [1.807, 2.05) is 28.5 Å². The maximum absolute atomic E-state index is 11.8.